The maximum absolute atomic E-state index is 12.7. The zero-order chi connectivity index (χ0) is 17.4. The van der Waals surface area contributed by atoms with E-state index in [0.717, 1.165) is 32.2 Å². The van der Waals surface area contributed by atoms with E-state index < -0.39 is 0 Å². The van der Waals surface area contributed by atoms with Gasteiger partial charge in [-0.05, 0) is 31.7 Å². The maximum Gasteiger partial charge on any atom is 0.293 e. The number of nitrogens with zero attached hydrogens (tertiary/aromatic N) is 5. The summed E-state index contributed by atoms with van der Waals surface area (Å²) in [6, 6.07) is 2.19. The Morgan fingerprint density at radius 3 is 2.84 bits per heavy atom. The van der Waals surface area contributed by atoms with Crippen molar-refractivity contribution in [2.24, 2.45) is 0 Å². The predicted octanol–water partition coefficient (Wildman–Crippen LogP) is 0.976. The molecule has 8 nitrogen and oxygen atoms in total. The summed E-state index contributed by atoms with van der Waals surface area (Å²) in [6.45, 7) is 1.49. The Labute approximate surface area is 145 Å². The van der Waals surface area contributed by atoms with Gasteiger partial charge in [0.1, 0.15) is 5.69 Å². The van der Waals surface area contributed by atoms with Gasteiger partial charge in [0.05, 0.1) is 6.04 Å². The third-order valence-corrected chi connectivity index (χ3v) is 4.93. The number of carbonyl (C=O) groups excluding carboxylic acids is 1. The fourth-order valence-corrected chi connectivity index (χ4v) is 3.42. The van der Waals surface area contributed by atoms with Crippen molar-refractivity contribution in [2.45, 2.75) is 37.8 Å². The summed E-state index contributed by atoms with van der Waals surface area (Å²) >= 11 is 0. The number of hydrogen-bond donors (Lipinski definition) is 1. The number of amides is 1. The van der Waals surface area contributed by atoms with Crippen LogP contribution in [0.5, 0.6) is 0 Å². The van der Waals surface area contributed by atoms with Gasteiger partial charge in [-0.15, -0.1) is 0 Å². The zero-order valence-corrected chi connectivity index (χ0v) is 14.3. The number of hydrogen-bond acceptors (Lipinski definition) is 5. The largest absolute Gasteiger partial charge is 0.354 e. The topological polar surface area (TPSA) is 85.0 Å². The minimum Gasteiger partial charge on any atom is -0.354 e. The first-order chi connectivity index (χ1) is 12.2. The average Bonchev–Trinajstić information content (AvgIpc) is 3.37. The molecule has 25 heavy (non-hydrogen) atoms. The van der Waals surface area contributed by atoms with Gasteiger partial charge in [0, 0.05) is 44.8 Å². The minimum absolute atomic E-state index is 0.00262. The molecule has 8 heteroatoms. The molecule has 1 saturated heterocycles. The molecule has 4 rings (SSSR count). The maximum atomic E-state index is 12.7. The van der Waals surface area contributed by atoms with E-state index in [0.29, 0.717) is 24.1 Å². The fraction of sp³-hybridized carbons (Fsp3) is 0.529. The van der Waals surface area contributed by atoms with E-state index in [1.54, 1.807) is 25.5 Å². The third kappa shape index (κ3) is 3.04. The first-order valence-electron chi connectivity index (χ1n) is 8.76. The molecule has 2 aliphatic rings. The highest BCUT2D eigenvalue weighted by molar-refractivity contribution is 5.91. The zero-order valence-electron chi connectivity index (χ0n) is 14.3. The number of nitrogens with one attached hydrogen (secondary N) is 1. The molecule has 0 radical (unpaired) electrons. The number of aromatic nitrogens is 4. The normalized spacial score (nSPS) is 20.5. The highest BCUT2D eigenvalue weighted by atomic mass is 16.2. The molecule has 2 aromatic rings. The molecule has 0 bridgehead atoms. The third-order valence-electron chi connectivity index (χ3n) is 4.93. The lowest BCUT2D eigenvalue weighted by Crippen LogP contribution is -2.41. The van der Waals surface area contributed by atoms with Crippen LogP contribution >= 0.6 is 0 Å². The summed E-state index contributed by atoms with van der Waals surface area (Å²) in [6.07, 6.45) is 9.40. The molecule has 1 aliphatic heterocycles. The van der Waals surface area contributed by atoms with Crippen LogP contribution in [0.2, 0.25) is 0 Å². The van der Waals surface area contributed by atoms with Gasteiger partial charge in [0.2, 0.25) is 0 Å². The summed E-state index contributed by atoms with van der Waals surface area (Å²) in [5, 5.41) is 6.97. The molecule has 3 heterocycles. The Kier molecular flexibility index (Phi) is 4.03. The van der Waals surface area contributed by atoms with Crippen molar-refractivity contribution in [2.75, 3.05) is 25.0 Å². The summed E-state index contributed by atoms with van der Waals surface area (Å²) in [4.78, 5) is 30.8. The van der Waals surface area contributed by atoms with E-state index in [2.05, 4.69) is 20.3 Å². The lowest BCUT2D eigenvalue weighted by atomic mass is 10.1. The van der Waals surface area contributed by atoms with Crippen LogP contribution in [0, 0.1) is 0 Å². The van der Waals surface area contributed by atoms with Crippen LogP contribution in [0.1, 0.15) is 48.3 Å². The van der Waals surface area contributed by atoms with E-state index in [-0.39, 0.29) is 17.5 Å². The number of rotatable bonds is 4. The van der Waals surface area contributed by atoms with Crippen LogP contribution in [-0.2, 0) is 0 Å². The van der Waals surface area contributed by atoms with Crippen molar-refractivity contribution in [3.63, 3.8) is 0 Å². The lowest BCUT2D eigenvalue weighted by Gasteiger charge is -2.33. The van der Waals surface area contributed by atoms with E-state index in [4.69, 9.17) is 0 Å². The minimum atomic E-state index is -0.191. The van der Waals surface area contributed by atoms with Crippen LogP contribution in [-0.4, -0.2) is 45.4 Å². The first-order valence-corrected chi connectivity index (χ1v) is 8.76. The molecular formula is C17H22N6O2. The second kappa shape index (κ2) is 6.34. The summed E-state index contributed by atoms with van der Waals surface area (Å²) in [5.41, 5.74) is 0.408. The van der Waals surface area contributed by atoms with Gasteiger partial charge < -0.3 is 14.8 Å². The first kappa shape index (κ1) is 15.9. The number of anilines is 1. The van der Waals surface area contributed by atoms with E-state index in [1.165, 1.54) is 0 Å². The van der Waals surface area contributed by atoms with Gasteiger partial charge in [-0.2, -0.15) is 5.10 Å². The molecule has 1 unspecified atom stereocenters. The Morgan fingerprint density at radius 1 is 1.24 bits per heavy atom. The second-order valence-electron chi connectivity index (χ2n) is 6.70. The highest BCUT2D eigenvalue weighted by Gasteiger charge is 2.29. The van der Waals surface area contributed by atoms with Crippen LogP contribution in [0.25, 0.3) is 0 Å². The molecule has 1 N–H and O–H groups in total. The van der Waals surface area contributed by atoms with Gasteiger partial charge in [-0.1, -0.05) is 0 Å². The smallest absolute Gasteiger partial charge is 0.293 e. The van der Waals surface area contributed by atoms with Crippen molar-refractivity contribution < 1.29 is 4.79 Å². The quantitative estimate of drug-likeness (QED) is 0.895. The fourth-order valence-electron chi connectivity index (χ4n) is 3.42. The molecule has 2 fully saturated rings. The van der Waals surface area contributed by atoms with Gasteiger partial charge in [-0.3, -0.25) is 14.3 Å². The number of carbonyl (C=O) groups is 1. The van der Waals surface area contributed by atoms with Gasteiger partial charge >= 0.3 is 0 Å². The van der Waals surface area contributed by atoms with Gasteiger partial charge in [0.25, 0.3) is 11.5 Å². The second-order valence-corrected chi connectivity index (χ2v) is 6.70. The molecule has 132 valence electrons. The van der Waals surface area contributed by atoms with Crippen LogP contribution in [0.3, 0.4) is 0 Å². The molecule has 2 aromatic heterocycles. The molecule has 0 spiro atoms. The van der Waals surface area contributed by atoms with Crippen molar-refractivity contribution >= 4 is 11.7 Å². The Bertz CT molecular complexity index is 838. The molecule has 1 amide bonds. The summed E-state index contributed by atoms with van der Waals surface area (Å²) < 4.78 is 3.64. The van der Waals surface area contributed by atoms with E-state index in [1.807, 2.05) is 15.4 Å². The van der Waals surface area contributed by atoms with Gasteiger partial charge in [0.15, 0.2) is 5.82 Å². The lowest BCUT2D eigenvalue weighted by molar-refractivity contribution is 0.0957. The molecule has 1 aliphatic carbocycles. The molecule has 1 saturated carbocycles. The van der Waals surface area contributed by atoms with E-state index >= 15 is 0 Å². The molecule has 1 atom stereocenters. The monoisotopic (exact) mass is 342 g/mol. The van der Waals surface area contributed by atoms with Gasteiger partial charge in [-0.25, -0.2) is 4.98 Å². The standard InChI is InChI=1S/C17H22N6O2/c1-18-16(24)14-6-9-23(20-14)13-3-2-8-21(11-13)15-17(25)22(10-7-19-15)12-4-5-12/h6-7,9-10,12-13H,2-5,8,11H2,1H3,(H,18,24). The summed E-state index contributed by atoms with van der Waals surface area (Å²) in [5.74, 6) is 0.334. The number of piperidine rings is 1. The molecular weight excluding hydrogens is 320 g/mol. The summed E-state index contributed by atoms with van der Waals surface area (Å²) in [7, 11) is 1.59. The predicted molar refractivity (Wildman–Crippen MR) is 92.9 cm³/mol. The van der Waals surface area contributed by atoms with Crippen LogP contribution in [0.4, 0.5) is 5.82 Å². The Balaban J connectivity index is 1.55. The Hall–Kier alpha value is -2.64. The average molecular weight is 342 g/mol. The SMILES string of the molecule is CNC(=O)c1ccn(C2CCCN(c3nccn(C4CC4)c3=O)C2)n1. The van der Waals surface area contributed by atoms with Crippen molar-refractivity contribution in [3.8, 4) is 0 Å². The Morgan fingerprint density at radius 2 is 2.08 bits per heavy atom. The van der Waals surface area contributed by atoms with Crippen molar-refractivity contribution in [1.29, 1.82) is 0 Å². The van der Waals surface area contributed by atoms with Crippen LogP contribution in [0.15, 0.2) is 29.5 Å². The molecule has 0 aromatic carbocycles. The van der Waals surface area contributed by atoms with E-state index in [9.17, 15) is 9.59 Å². The highest BCUT2D eigenvalue weighted by Crippen LogP contribution is 2.33. The van der Waals surface area contributed by atoms with Crippen LogP contribution < -0.4 is 15.8 Å². The van der Waals surface area contributed by atoms with Crippen molar-refractivity contribution in [3.05, 3.63) is 40.7 Å². The van der Waals surface area contributed by atoms with Crippen molar-refractivity contribution in [1.82, 2.24) is 24.6 Å².